The Morgan fingerprint density at radius 1 is 1.35 bits per heavy atom. The predicted octanol–water partition coefficient (Wildman–Crippen LogP) is 4.24. The van der Waals surface area contributed by atoms with E-state index in [4.69, 9.17) is 0 Å². The maximum atomic E-state index is 13.6. The number of aromatic nitrogens is 2. The lowest BCUT2D eigenvalue weighted by atomic mass is 9.92. The molecule has 1 N–H and O–H groups in total. The van der Waals surface area contributed by atoms with Gasteiger partial charge in [0.2, 0.25) is 0 Å². The molecule has 0 fully saturated rings. The summed E-state index contributed by atoms with van der Waals surface area (Å²) in [6, 6.07) is 4.66. The van der Waals surface area contributed by atoms with Crippen LogP contribution in [0, 0.1) is 9.39 Å². The fourth-order valence-corrected chi connectivity index (χ4v) is 3.05. The molecule has 6 heteroatoms. The number of aromatic amines is 1. The van der Waals surface area contributed by atoms with E-state index in [9.17, 15) is 9.18 Å². The van der Waals surface area contributed by atoms with E-state index in [-0.39, 0.29) is 16.8 Å². The summed E-state index contributed by atoms with van der Waals surface area (Å²) >= 11 is 5.10. The van der Waals surface area contributed by atoms with E-state index < -0.39 is 0 Å². The van der Waals surface area contributed by atoms with Gasteiger partial charge in [-0.2, -0.15) is 0 Å². The molecule has 0 atom stereocenters. The lowest BCUT2D eigenvalue weighted by Crippen LogP contribution is -2.24. The van der Waals surface area contributed by atoms with Gasteiger partial charge in [0, 0.05) is 11.0 Å². The van der Waals surface area contributed by atoms with Crippen LogP contribution in [-0.2, 0) is 5.41 Å². The number of nitrogens with one attached hydrogen (secondary N) is 1. The van der Waals surface area contributed by atoms with E-state index in [1.54, 1.807) is 12.1 Å². The molecule has 2 aromatic rings. The fraction of sp³-hybridized carbons (Fsp3) is 0.286. The minimum absolute atomic E-state index is 0.205. The third kappa shape index (κ3) is 3.11. The average Bonchev–Trinajstić information content (AvgIpc) is 2.34. The monoisotopic (exact) mass is 450 g/mol. The van der Waals surface area contributed by atoms with Gasteiger partial charge in [-0.15, -0.1) is 0 Å². The third-order valence-electron chi connectivity index (χ3n) is 2.77. The number of rotatable bonds is 1. The molecule has 0 unspecified atom stereocenters. The van der Waals surface area contributed by atoms with Crippen LogP contribution in [0.15, 0.2) is 27.5 Å². The van der Waals surface area contributed by atoms with Crippen LogP contribution < -0.4 is 5.56 Å². The predicted molar refractivity (Wildman–Crippen MR) is 89.4 cm³/mol. The second kappa shape index (κ2) is 5.55. The molecule has 0 aliphatic heterocycles. The van der Waals surface area contributed by atoms with Crippen LogP contribution in [0.1, 0.15) is 26.5 Å². The van der Waals surface area contributed by atoms with Crippen molar-refractivity contribution in [2.24, 2.45) is 0 Å². The van der Waals surface area contributed by atoms with E-state index >= 15 is 0 Å². The summed E-state index contributed by atoms with van der Waals surface area (Å²) in [7, 11) is 0. The lowest BCUT2D eigenvalue weighted by Gasteiger charge is -2.19. The second-order valence-electron chi connectivity index (χ2n) is 5.46. The van der Waals surface area contributed by atoms with Gasteiger partial charge in [-0.1, -0.05) is 20.8 Å². The van der Waals surface area contributed by atoms with Gasteiger partial charge in [-0.3, -0.25) is 4.79 Å². The lowest BCUT2D eigenvalue weighted by molar-refractivity contribution is 0.562. The zero-order valence-corrected chi connectivity index (χ0v) is 15.0. The van der Waals surface area contributed by atoms with E-state index in [0.29, 0.717) is 25.1 Å². The molecule has 0 saturated carbocycles. The highest BCUT2D eigenvalue weighted by molar-refractivity contribution is 14.1. The maximum absolute atomic E-state index is 13.6. The molecule has 0 spiro atoms. The molecule has 0 radical (unpaired) electrons. The molecule has 0 amide bonds. The largest absolute Gasteiger partial charge is 0.306 e. The minimum Gasteiger partial charge on any atom is -0.306 e. The van der Waals surface area contributed by atoms with Gasteiger partial charge in [0.15, 0.2) is 0 Å². The first-order chi connectivity index (χ1) is 9.20. The number of halogens is 3. The Balaban J connectivity index is 2.67. The number of hydrogen-bond acceptors (Lipinski definition) is 2. The van der Waals surface area contributed by atoms with Crippen LogP contribution in [0.5, 0.6) is 0 Å². The summed E-state index contributed by atoms with van der Waals surface area (Å²) in [5, 5.41) is 0. The molecule has 2 rings (SSSR count). The third-order valence-corrected chi connectivity index (χ3v) is 4.41. The quantitative estimate of drug-likeness (QED) is 0.660. The van der Waals surface area contributed by atoms with Crippen molar-refractivity contribution in [3.63, 3.8) is 0 Å². The Kier molecular flexibility index (Phi) is 4.34. The van der Waals surface area contributed by atoms with Gasteiger partial charge >= 0.3 is 0 Å². The SMILES string of the molecule is CC(C)(C)c1nc(-c2ccc(Br)c(F)c2)[nH]c(=O)c1I. The summed E-state index contributed by atoms with van der Waals surface area (Å²) in [4.78, 5) is 19.2. The Labute approximate surface area is 138 Å². The highest BCUT2D eigenvalue weighted by atomic mass is 127. The van der Waals surface area contributed by atoms with E-state index in [0.717, 1.165) is 0 Å². The topological polar surface area (TPSA) is 45.8 Å². The van der Waals surface area contributed by atoms with Crippen molar-refractivity contribution in [1.29, 1.82) is 0 Å². The van der Waals surface area contributed by atoms with Gasteiger partial charge in [-0.05, 0) is 56.7 Å². The fourth-order valence-electron chi connectivity index (χ4n) is 1.74. The Hall–Kier alpha value is -0.760. The Morgan fingerprint density at radius 3 is 2.55 bits per heavy atom. The van der Waals surface area contributed by atoms with Gasteiger partial charge in [0.05, 0.1) is 10.2 Å². The Bertz CT molecular complexity index is 722. The van der Waals surface area contributed by atoms with E-state index in [1.807, 2.05) is 43.4 Å². The first-order valence-electron chi connectivity index (χ1n) is 5.96. The summed E-state index contributed by atoms with van der Waals surface area (Å²) in [5.74, 6) is -0.00671. The molecule has 1 aromatic heterocycles. The van der Waals surface area contributed by atoms with Crippen molar-refractivity contribution in [2.45, 2.75) is 26.2 Å². The Morgan fingerprint density at radius 2 is 2.00 bits per heavy atom. The highest BCUT2D eigenvalue weighted by Gasteiger charge is 2.22. The van der Waals surface area contributed by atoms with Crippen molar-refractivity contribution < 1.29 is 4.39 Å². The molecule has 1 heterocycles. The van der Waals surface area contributed by atoms with Crippen LogP contribution in [0.3, 0.4) is 0 Å². The first kappa shape index (κ1) is 15.6. The molecule has 0 saturated heterocycles. The summed E-state index contributed by atoms with van der Waals surface area (Å²) < 4.78 is 14.6. The van der Waals surface area contributed by atoms with Gasteiger partial charge in [0.25, 0.3) is 5.56 Å². The average molecular weight is 451 g/mol. The molecule has 0 bridgehead atoms. The zero-order chi connectivity index (χ0) is 15.1. The minimum atomic E-state index is -0.388. The first-order valence-corrected chi connectivity index (χ1v) is 7.83. The van der Waals surface area contributed by atoms with Crippen molar-refractivity contribution in [2.75, 3.05) is 0 Å². The van der Waals surface area contributed by atoms with Crippen molar-refractivity contribution in [3.05, 3.63) is 48.1 Å². The molecule has 106 valence electrons. The van der Waals surface area contributed by atoms with E-state index in [2.05, 4.69) is 25.9 Å². The molecule has 20 heavy (non-hydrogen) atoms. The number of nitrogens with zero attached hydrogens (tertiary/aromatic N) is 1. The number of hydrogen-bond donors (Lipinski definition) is 1. The molecule has 0 aliphatic rings. The summed E-state index contributed by atoms with van der Waals surface area (Å²) in [6.07, 6.45) is 0. The normalized spacial score (nSPS) is 11.7. The zero-order valence-electron chi connectivity index (χ0n) is 11.2. The van der Waals surface area contributed by atoms with Crippen LogP contribution in [0.4, 0.5) is 4.39 Å². The number of H-pyrrole nitrogens is 1. The molecular formula is C14H13BrFIN2O. The van der Waals surface area contributed by atoms with Crippen molar-refractivity contribution in [1.82, 2.24) is 9.97 Å². The second-order valence-corrected chi connectivity index (χ2v) is 7.39. The van der Waals surface area contributed by atoms with Gasteiger partial charge < -0.3 is 4.98 Å². The summed E-state index contributed by atoms with van der Waals surface area (Å²) in [6.45, 7) is 5.97. The highest BCUT2D eigenvalue weighted by Crippen LogP contribution is 2.26. The summed E-state index contributed by atoms with van der Waals surface area (Å²) in [5.41, 5.74) is 0.793. The van der Waals surface area contributed by atoms with E-state index in [1.165, 1.54) is 6.07 Å². The standard InChI is InChI=1S/C14H13BrFIN2O/c1-14(2,3)11-10(17)13(20)19-12(18-11)7-4-5-8(15)9(16)6-7/h4-6H,1-3H3,(H,18,19,20). The number of benzene rings is 1. The molecular weight excluding hydrogens is 438 g/mol. The van der Waals surface area contributed by atoms with Crippen LogP contribution in [0.2, 0.25) is 0 Å². The molecule has 3 nitrogen and oxygen atoms in total. The van der Waals surface area contributed by atoms with Gasteiger partial charge in [-0.25, -0.2) is 9.37 Å². The van der Waals surface area contributed by atoms with Crippen LogP contribution in [0.25, 0.3) is 11.4 Å². The van der Waals surface area contributed by atoms with Gasteiger partial charge in [0.1, 0.15) is 15.2 Å². The van der Waals surface area contributed by atoms with Crippen molar-refractivity contribution in [3.8, 4) is 11.4 Å². The molecule has 0 aliphatic carbocycles. The van der Waals surface area contributed by atoms with Crippen LogP contribution in [-0.4, -0.2) is 9.97 Å². The maximum Gasteiger partial charge on any atom is 0.264 e. The van der Waals surface area contributed by atoms with Crippen LogP contribution >= 0.6 is 38.5 Å². The van der Waals surface area contributed by atoms with Crippen molar-refractivity contribution >= 4 is 38.5 Å². The molecule has 1 aromatic carbocycles. The smallest absolute Gasteiger partial charge is 0.264 e.